The van der Waals surface area contributed by atoms with Crippen LogP contribution in [0.25, 0.3) is 0 Å². The summed E-state index contributed by atoms with van der Waals surface area (Å²) in [6, 6.07) is 0. The smallest absolute Gasteiger partial charge is 0.407 e. The monoisotopic (exact) mass is 171 g/mol. The molecule has 0 aromatic carbocycles. The third-order valence-electron chi connectivity index (χ3n) is 2.23. The summed E-state index contributed by atoms with van der Waals surface area (Å²) in [5, 5.41) is 8.67. The first-order valence-corrected chi connectivity index (χ1v) is 4.04. The van der Waals surface area contributed by atoms with Crippen LogP contribution in [0.2, 0.25) is 0 Å². The van der Waals surface area contributed by atoms with Crippen LogP contribution in [-0.2, 0) is 4.79 Å². The summed E-state index contributed by atoms with van der Waals surface area (Å²) in [7, 11) is 0. The molecule has 1 rings (SSSR count). The van der Waals surface area contributed by atoms with E-state index in [-0.39, 0.29) is 17.6 Å². The number of carboxylic acid groups (broad SMARTS) is 1. The molecule has 1 amide bonds. The number of likely N-dealkylation sites (tertiary alicyclic amines) is 1. The lowest BCUT2D eigenvalue weighted by Crippen LogP contribution is -2.47. The maximum atomic E-state index is 11.3. The summed E-state index contributed by atoms with van der Waals surface area (Å²) in [4.78, 5) is 23.1. The van der Waals surface area contributed by atoms with Crippen LogP contribution in [0.1, 0.15) is 13.8 Å². The highest BCUT2D eigenvalue weighted by Crippen LogP contribution is 2.17. The van der Waals surface area contributed by atoms with Crippen LogP contribution in [0.15, 0.2) is 0 Å². The van der Waals surface area contributed by atoms with E-state index in [0.29, 0.717) is 13.1 Å². The molecular formula is C8H13NO3. The number of hydrogen-bond acceptors (Lipinski definition) is 2. The summed E-state index contributed by atoms with van der Waals surface area (Å²) in [6.45, 7) is 4.23. The van der Waals surface area contributed by atoms with Crippen molar-refractivity contribution >= 4 is 11.9 Å². The van der Waals surface area contributed by atoms with E-state index in [1.54, 1.807) is 13.8 Å². The maximum Gasteiger partial charge on any atom is 0.407 e. The quantitative estimate of drug-likeness (QED) is 0.587. The second-order valence-electron chi connectivity index (χ2n) is 3.39. The van der Waals surface area contributed by atoms with Gasteiger partial charge in [-0.05, 0) is 0 Å². The molecule has 12 heavy (non-hydrogen) atoms. The third kappa shape index (κ3) is 1.57. The third-order valence-corrected chi connectivity index (χ3v) is 2.23. The predicted molar refractivity (Wildman–Crippen MR) is 42.9 cm³/mol. The van der Waals surface area contributed by atoms with E-state index in [4.69, 9.17) is 5.11 Å². The minimum Gasteiger partial charge on any atom is -0.465 e. The van der Waals surface area contributed by atoms with Crippen molar-refractivity contribution in [3.8, 4) is 0 Å². The minimum atomic E-state index is -0.929. The molecule has 4 nitrogen and oxygen atoms in total. The van der Waals surface area contributed by atoms with Gasteiger partial charge < -0.3 is 10.0 Å². The molecule has 0 unspecified atom stereocenters. The van der Waals surface area contributed by atoms with Crippen LogP contribution in [0.3, 0.4) is 0 Å². The summed E-state index contributed by atoms with van der Waals surface area (Å²) in [5.74, 6) is -0.123. The molecule has 1 fully saturated rings. The average molecular weight is 171 g/mol. The number of piperidine rings is 1. The lowest BCUT2D eigenvalue weighted by atomic mass is 9.90. The summed E-state index contributed by atoms with van der Waals surface area (Å²) in [6.07, 6.45) is -0.929. The Morgan fingerprint density at radius 1 is 1.42 bits per heavy atom. The molecule has 1 heterocycles. The van der Waals surface area contributed by atoms with E-state index in [2.05, 4.69) is 0 Å². The SMILES string of the molecule is C[C@@H]1CN(C(=O)O)C[C@H](C)C1=O. The molecule has 68 valence electrons. The lowest BCUT2D eigenvalue weighted by molar-refractivity contribution is -0.129. The molecule has 0 aromatic heterocycles. The fraction of sp³-hybridized carbons (Fsp3) is 0.750. The van der Waals surface area contributed by atoms with Gasteiger partial charge in [0.15, 0.2) is 0 Å². The number of rotatable bonds is 0. The van der Waals surface area contributed by atoms with Gasteiger partial charge >= 0.3 is 6.09 Å². The normalized spacial score (nSPS) is 30.5. The highest BCUT2D eigenvalue weighted by molar-refractivity contribution is 5.85. The molecule has 0 saturated carbocycles. The highest BCUT2D eigenvalue weighted by Gasteiger charge is 2.31. The number of carbonyl (C=O) groups excluding carboxylic acids is 1. The van der Waals surface area contributed by atoms with Crippen LogP contribution >= 0.6 is 0 Å². The average Bonchev–Trinajstić information content (AvgIpc) is 1.99. The fourth-order valence-electron chi connectivity index (χ4n) is 1.56. The van der Waals surface area contributed by atoms with Gasteiger partial charge in [-0.3, -0.25) is 4.79 Å². The van der Waals surface area contributed by atoms with Crippen LogP contribution < -0.4 is 0 Å². The van der Waals surface area contributed by atoms with Crippen LogP contribution in [0, 0.1) is 11.8 Å². The molecular weight excluding hydrogens is 158 g/mol. The summed E-state index contributed by atoms with van der Waals surface area (Å²) in [5.41, 5.74) is 0. The van der Waals surface area contributed by atoms with Crippen LogP contribution in [-0.4, -0.2) is 35.0 Å². The first-order valence-electron chi connectivity index (χ1n) is 4.04. The maximum absolute atomic E-state index is 11.3. The minimum absolute atomic E-state index is 0.148. The number of carbonyl (C=O) groups is 2. The number of nitrogens with zero attached hydrogens (tertiary/aromatic N) is 1. The van der Waals surface area contributed by atoms with Gasteiger partial charge in [-0.1, -0.05) is 13.8 Å². The van der Waals surface area contributed by atoms with Crippen LogP contribution in [0.5, 0.6) is 0 Å². The molecule has 0 aromatic rings. The summed E-state index contributed by atoms with van der Waals surface area (Å²) < 4.78 is 0. The first kappa shape index (κ1) is 9.03. The standard InChI is InChI=1S/C8H13NO3/c1-5-3-9(8(11)12)4-6(2)7(5)10/h5-6H,3-4H2,1-2H3,(H,11,12)/t5-,6+. The van der Waals surface area contributed by atoms with Gasteiger partial charge in [0, 0.05) is 24.9 Å². The van der Waals surface area contributed by atoms with E-state index < -0.39 is 6.09 Å². The Balaban J connectivity index is 2.65. The van der Waals surface area contributed by atoms with E-state index in [1.165, 1.54) is 4.90 Å². The largest absolute Gasteiger partial charge is 0.465 e. The van der Waals surface area contributed by atoms with E-state index in [9.17, 15) is 9.59 Å². The Morgan fingerprint density at radius 2 is 1.83 bits per heavy atom. The lowest BCUT2D eigenvalue weighted by Gasteiger charge is -2.31. The van der Waals surface area contributed by atoms with Crippen molar-refractivity contribution in [2.75, 3.05) is 13.1 Å². The van der Waals surface area contributed by atoms with Gasteiger partial charge in [-0.2, -0.15) is 0 Å². The molecule has 4 heteroatoms. The molecule has 2 atom stereocenters. The number of Topliss-reactive ketones (excluding diaryl/α,β-unsaturated/α-hetero) is 1. The second kappa shape index (κ2) is 3.13. The molecule has 0 radical (unpaired) electrons. The number of hydrogen-bond donors (Lipinski definition) is 1. The van der Waals surface area contributed by atoms with Gasteiger partial charge in [-0.15, -0.1) is 0 Å². The fourth-order valence-corrected chi connectivity index (χ4v) is 1.56. The second-order valence-corrected chi connectivity index (χ2v) is 3.39. The zero-order valence-electron chi connectivity index (χ0n) is 7.28. The molecule has 1 aliphatic rings. The van der Waals surface area contributed by atoms with Gasteiger partial charge in [0.2, 0.25) is 0 Å². The van der Waals surface area contributed by atoms with Crippen molar-refractivity contribution in [2.24, 2.45) is 11.8 Å². The molecule has 1 N–H and O–H groups in total. The van der Waals surface area contributed by atoms with E-state index >= 15 is 0 Å². The molecule has 0 bridgehead atoms. The molecule has 1 aliphatic heterocycles. The molecule has 0 spiro atoms. The Labute approximate surface area is 71.2 Å². The number of amides is 1. The van der Waals surface area contributed by atoms with E-state index in [1.807, 2.05) is 0 Å². The molecule has 1 saturated heterocycles. The van der Waals surface area contributed by atoms with Gasteiger partial charge in [-0.25, -0.2) is 4.79 Å². The molecule has 0 aliphatic carbocycles. The van der Waals surface area contributed by atoms with Gasteiger partial charge in [0.1, 0.15) is 5.78 Å². The van der Waals surface area contributed by atoms with Crippen molar-refractivity contribution in [3.05, 3.63) is 0 Å². The van der Waals surface area contributed by atoms with Crippen LogP contribution in [0.4, 0.5) is 4.79 Å². The first-order chi connectivity index (χ1) is 5.52. The van der Waals surface area contributed by atoms with Crippen molar-refractivity contribution in [2.45, 2.75) is 13.8 Å². The van der Waals surface area contributed by atoms with Crippen molar-refractivity contribution in [3.63, 3.8) is 0 Å². The zero-order valence-corrected chi connectivity index (χ0v) is 7.28. The Bertz CT molecular complexity index is 200. The van der Waals surface area contributed by atoms with Gasteiger partial charge in [0.25, 0.3) is 0 Å². The predicted octanol–water partition coefficient (Wildman–Crippen LogP) is 0.821. The number of ketones is 1. The summed E-state index contributed by atoms with van der Waals surface area (Å²) >= 11 is 0. The van der Waals surface area contributed by atoms with Crippen molar-refractivity contribution in [1.82, 2.24) is 4.90 Å². The Morgan fingerprint density at radius 3 is 2.17 bits per heavy atom. The Hall–Kier alpha value is -1.06. The highest BCUT2D eigenvalue weighted by atomic mass is 16.4. The van der Waals surface area contributed by atoms with Gasteiger partial charge in [0.05, 0.1) is 0 Å². The topological polar surface area (TPSA) is 57.6 Å². The zero-order chi connectivity index (χ0) is 9.30. The van der Waals surface area contributed by atoms with E-state index in [0.717, 1.165) is 0 Å². The van der Waals surface area contributed by atoms with Crippen molar-refractivity contribution in [1.29, 1.82) is 0 Å². The van der Waals surface area contributed by atoms with Crippen molar-refractivity contribution < 1.29 is 14.7 Å². The Kier molecular flexibility index (Phi) is 2.35.